The molecule has 8 heteroatoms. The van der Waals surface area contributed by atoms with Gasteiger partial charge >= 0.3 is 0 Å². The number of aromatic nitrogens is 2. The summed E-state index contributed by atoms with van der Waals surface area (Å²) in [4.78, 5) is 18.6. The van der Waals surface area contributed by atoms with Crippen molar-refractivity contribution in [1.29, 1.82) is 0 Å². The van der Waals surface area contributed by atoms with Crippen LogP contribution in [0, 0.1) is 17.7 Å². The fourth-order valence-corrected chi connectivity index (χ4v) is 3.68. The average Bonchev–Trinajstić information content (AvgIpc) is 3.31. The van der Waals surface area contributed by atoms with Gasteiger partial charge in [0.25, 0.3) is 0 Å². The fourth-order valence-electron chi connectivity index (χ4n) is 3.68. The molecule has 0 aliphatic carbocycles. The van der Waals surface area contributed by atoms with Crippen LogP contribution in [0.1, 0.15) is 18.7 Å². The van der Waals surface area contributed by atoms with Gasteiger partial charge in [-0.3, -0.25) is 4.79 Å². The molecule has 0 bridgehead atoms. The van der Waals surface area contributed by atoms with Crippen molar-refractivity contribution in [2.24, 2.45) is 11.8 Å². The second-order valence-electron chi connectivity index (χ2n) is 6.85. The van der Waals surface area contributed by atoms with E-state index in [1.54, 1.807) is 12.1 Å². The molecule has 0 radical (unpaired) electrons. The number of hydrogen-bond acceptors (Lipinski definition) is 5. The molecular weight excluding hydrogens is 359 g/mol. The van der Waals surface area contributed by atoms with E-state index in [4.69, 9.17) is 4.52 Å². The summed E-state index contributed by atoms with van der Waals surface area (Å²) in [6.45, 7) is 3.82. The normalized spacial score (nSPS) is 21.5. The lowest BCUT2D eigenvalue weighted by Crippen LogP contribution is -2.31. The van der Waals surface area contributed by atoms with Crippen molar-refractivity contribution in [1.82, 2.24) is 20.4 Å². The summed E-state index contributed by atoms with van der Waals surface area (Å²) < 4.78 is 18.2. The Morgan fingerprint density at radius 2 is 1.92 bits per heavy atom. The molecule has 1 amide bonds. The van der Waals surface area contributed by atoms with Gasteiger partial charge in [-0.25, -0.2) is 4.39 Å². The summed E-state index contributed by atoms with van der Waals surface area (Å²) in [6, 6.07) is 5.97. The second kappa shape index (κ2) is 8.14. The van der Waals surface area contributed by atoms with Gasteiger partial charge in [-0.1, -0.05) is 5.16 Å². The predicted octanol–water partition coefficient (Wildman–Crippen LogP) is 2.30. The van der Waals surface area contributed by atoms with Crippen LogP contribution in [0.25, 0.3) is 11.4 Å². The number of rotatable bonds is 5. The van der Waals surface area contributed by atoms with Crippen LogP contribution in [0.15, 0.2) is 28.8 Å². The third kappa shape index (κ3) is 4.04. The van der Waals surface area contributed by atoms with Gasteiger partial charge in [-0.05, 0) is 42.5 Å². The van der Waals surface area contributed by atoms with E-state index < -0.39 is 0 Å². The molecule has 140 valence electrons. The fraction of sp³-hybridized carbons (Fsp3) is 0.500. The van der Waals surface area contributed by atoms with E-state index in [-0.39, 0.29) is 24.1 Å². The minimum Gasteiger partial charge on any atom is -0.342 e. The highest BCUT2D eigenvalue weighted by molar-refractivity contribution is 5.85. The number of aryl methyl sites for hydroxylation is 1. The van der Waals surface area contributed by atoms with Crippen molar-refractivity contribution in [3.63, 3.8) is 0 Å². The number of nitrogens with one attached hydrogen (secondary N) is 1. The van der Waals surface area contributed by atoms with E-state index >= 15 is 0 Å². The quantitative estimate of drug-likeness (QED) is 0.861. The van der Waals surface area contributed by atoms with Gasteiger partial charge in [0.1, 0.15) is 5.82 Å². The van der Waals surface area contributed by atoms with Crippen LogP contribution < -0.4 is 5.32 Å². The highest BCUT2D eigenvalue weighted by Crippen LogP contribution is 2.27. The molecule has 26 heavy (non-hydrogen) atoms. The van der Waals surface area contributed by atoms with Crippen molar-refractivity contribution < 1.29 is 13.7 Å². The molecule has 4 rings (SSSR count). The van der Waals surface area contributed by atoms with Crippen molar-refractivity contribution in [3.05, 3.63) is 36.0 Å². The third-order valence-corrected chi connectivity index (χ3v) is 5.09. The lowest BCUT2D eigenvalue weighted by Gasteiger charge is -2.17. The first-order valence-corrected chi connectivity index (χ1v) is 8.76. The Bertz CT molecular complexity index is 740. The minimum absolute atomic E-state index is 0. The number of halogens is 2. The van der Waals surface area contributed by atoms with E-state index in [2.05, 4.69) is 15.5 Å². The summed E-state index contributed by atoms with van der Waals surface area (Å²) in [7, 11) is 0. The first-order valence-electron chi connectivity index (χ1n) is 8.76. The lowest BCUT2D eigenvalue weighted by atomic mass is 10.0. The molecule has 2 aromatic rings. The number of likely N-dealkylation sites (tertiary alicyclic amines) is 1. The molecule has 3 heterocycles. The van der Waals surface area contributed by atoms with Gasteiger partial charge in [-0.2, -0.15) is 4.98 Å². The molecule has 2 saturated heterocycles. The van der Waals surface area contributed by atoms with E-state index in [0.29, 0.717) is 48.4 Å². The lowest BCUT2D eigenvalue weighted by molar-refractivity contribution is -0.130. The Balaban J connectivity index is 0.00000196. The topological polar surface area (TPSA) is 71.3 Å². The maximum absolute atomic E-state index is 12.9. The Morgan fingerprint density at radius 3 is 2.62 bits per heavy atom. The predicted molar refractivity (Wildman–Crippen MR) is 96.3 cm³/mol. The Hall–Kier alpha value is -1.99. The van der Waals surface area contributed by atoms with Crippen LogP contribution in [0.4, 0.5) is 4.39 Å². The van der Waals surface area contributed by atoms with Crippen LogP contribution in [-0.2, 0) is 11.2 Å². The number of benzene rings is 1. The van der Waals surface area contributed by atoms with Crippen molar-refractivity contribution >= 4 is 18.3 Å². The smallest absolute Gasteiger partial charge is 0.226 e. The molecule has 6 nitrogen and oxygen atoms in total. The van der Waals surface area contributed by atoms with Crippen LogP contribution >= 0.6 is 12.4 Å². The zero-order valence-corrected chi connectivity index (χ0v) is 15.2. The number of amides is 1. The molecule has 2 aliphatic rings. The van der Waals surface area contributed by atoms with Gasteiger partial charge in [0.05, 0.1) is 0 Å². The summed E-state index contributed by atoms with van der Waals surface area (Å²) in [5, 5.41) is 7.30. The van der Waals surface area contributed by atoms with Gasteiger partial charge in [0.2, 0.25) is 17.6 Å². The largest absolute Gasteiger partial charge is 0.342 e. The van der Waals surface area contributed by atoms with Crippen molar-refractivity contribution in [2.45, 2.75) is 19.3 Å². The van der Waals surface area contributed by atoms with Crippen molar-refractivity contribution in [2.75, 3.05) is 26.2 Å². The molecule has 0 saturated carbocycles. The maximum atomic E-state index is 12.9. The molecule has 0 unspecified atom stereocenters. The summed E-state index contributed by atoms with van der Waals surface area (Å²) in [5.41, 5.74) is 0.713. The summed E-state index contributed by atoms with van der Waals surface area (Å²) in [5.74, 6) is 2.12. The number of carbonyl (C=O) groups excluding carboxylic acids is 1. The van der Waals surface area contributed by atoms with Crippen LogP contribution in [-0.4, -0.2) is 47.1 Å². The third-order valence-electron chi connectivity index (χ3n) is 5.09. The van der Waals surface area contributed by atoms with Crippen LogP contribution in [0.2, 0.25) is 0 Å². The SMILES string of the molecule is Cl.O=C(CCCc1nc(-c2ccc(F)cc2)no1)N1C[C@H]2CNC[C@H]2C1. The molecule has 1 N–H and O–H groups in total. The number of carbonyl (C=O) groups is 1. The van der Waals surface area contributed by atoms with E-state index in [0.717, 1.165) is 26.2 Å². The van der Waals surface area contributed by atoms with Crippen LogP contribution in [0.3, 0.4) is 0 Å². The first-order chi connectivity index (χ1) is 12.2. The highest BCUT2D eigenvalue weighted by Gasteiger charge is 2.37. The second-order valence-corrected chi connectivity index (χ2v) is 6.85. The highest BCUT2D eigenvalue weighted by atomic mass is 35.5. The molecule has 1 aromatic heterocycles. The van der Waals surface area contributed by atoms with Gasteiger partial charge in [0, 0.05) is 44.6 Å². The van der Waals surface area contributed by atoms with Crippen molar-refractivity contribution in [3.8, 4) is 11.4 Å². The number of fused-ring (bicyclic) bond motifs is 1. The molecule has 2 fully saturated rings. The van der Waals surface area contributed by atoms with E-state index in [1.165, 1.54) is 12.1 Å². The maximum Gasteiger partial charge on any atom is 0.226 e. The van der Waals surface area contributed by atoms with Gasteiger partial charge in [0.15, 0.2) is 0 Å². The Labute approximate surface area is 157 Å². The molecule has 1 aromatic carbocycles. The van der Waals surface area contributed by atoms with Gasteiger partial charge < -0.3 is 14.7 Å². The van der Waals surface area contributed by atoms with E-state index in [1.807, 2.05) is 4.90 Å². The molecule has 2 aliphatic heterocycles. The average molecular weight is 381 g/mol. The number of hydrogen-bond donors (Lipinski definition) is 1. The minimum atomic E-state index is -0.298. The summed E-state index contributed by atoms with van der Waals surface area (Å²) in [6.07, 6.45) is 1.76. The molecular formula is C18H22ClFN4O2. The first kappa shape index (κ1) is 18.8. The number of nitrogens with zero attached hydrogens (tertiary/aromatic N) is 3. The monoisotopic (exact) mass is 380 g/mol. The molecule has 0 spiro atoms. The van der Waals surface area contributed by atoms with Crippen LogP contribution in [0.5, 0.6) is 0 Å². The zero-order valence-electron chi connectivity index (χ0n) is 14.4. The summed E-state index contributed by atoms with van der Waals surface area (Å²) >= 11 is 0. The Kier molecular flexibility index (Phi) is 5.88. The van der Waals surface area contributed by atoms with E-state index in [9.17, 15) is 9.18 Å². The zero-order chi connectivity index (χ0) is 17.2. The van der Waals surface area contributed by atoms with Gasteiger partial charge in [-0.15, -0.1) is 12.4 Å². The Morgan fingerprint density at radius 1 is 1.23 bits per heavy atom. The molecule has 2 atom stereocenters. The standard InChI is InChI=1S/C18H21FN4O2.ClH/c19-15-6-4-12(5-7-15)18-21-16(25-22-18)2-1-3-17(24)23-10-13-8-20-9-14(13)11-23;/h4-7,13-14,20H,1-3,8-11H2;1H/t13-,14+;.